The molecule has 0 fully saturated rings. The first-order valence-electron chi connectivity index (χ1n) is 14.6. The molecule has 1 heterocycles. The third-order valence-electron chi connectivity index (χ3n) is 7.86. The molecule has 0 bridgehead atoms. The molecule has 6 rings (SSSR count). The Bertz CT molecular complexity index is 1880. The molecule has 1 atom stereocenters. The Kier molecular flexibility index (Phi) is 8.64. The number of amides is 3. The largest absolute Gasteiger partial charge is 0.489 e. The van der Waals surface area contributed by atoms with E-state index in [9.17, 15) is 24.3 Å². The van der Waals surface area contributed by atoms with Crippen LogP contribution in [-0.4, -0.2) is 46.6 Å². The van der Waals surface area contributed by atoms with Gasteiger partial charge in [-0.05, 0) is 51.6 Å². The Hall–Kier alpha value is -6.10. The normalized spacial score (nSPS) is 12.4. The number of carboxylic acids is 1. The van der Waals surface area contributed by atoms with Crippen LogP contribution in [0.2, 0.25) is 0 Å². The van der Waals surface area contributed by atoms with E-state index in [-0.39, 0.29) is 18.9 Å². The Balaban J connectivity index is 1.10. The summed E-state index contributed by atoms with van der Waals surface area (Å²) in [4.78, 5) is 52.3. The van der Waals surface area contributed by atoms with E-state index in [2.05, 4.69) is 21.2 Å². The second-order valence-corrected chi connectivity index (χ2v) is 10.8. The van der Waals surface area contributed by atoms with Crippen molar-refractivity contribution in [1.29, 1.82) is 0 Å². The number of hydrogen-bond acceptors (Lipinski definition) is 6. The standard InChI is InChI=1S/C35H30N4O7/c40-32(38-39-35(44)46-20-29-26-12-6-4-10-24(26)25-11-5-7-13-27(25)29)31(37-33(41)34(42)43)16-22-18-36-30-15-14-23(17-28(22)30)45-19-21-8-2-1-3-9-21/h1-15,17-18,29,31,36H,16,19-20H2,(H,37,41)(H,38,40)(H,39,44)(H,42,43). The van der Waals surface area contributed by atoms with Crippen LogP contribution in [0.4, 0.5) is 4.79 Å². The van der Waals surface area contributed by atoms with Gasteiger partial charge in [-0.15, -0.1) is 0 Å². The van der Waals surface area contributed by atoms with Crippen LogP contribution in [0.5, 0.6) is 5.75 Å². The van der Waals surface area contributed by atoms with Gasteiger partial charge in [-0.3, -0.25) is 15.0 Å². The quantitative estimate of drug-likeness (QED) is 0.121. The minimum absolute atomic E-state index is 0.0267. The van der Waals surface area contributed by atoms with E-state index in [1.54, 1.807) is 18.3 Å². The number of benzene rings is 4. The summed E-state index contributed by atoms with van der Waals surface area (Å²) in [6.07, 6.45) is 0.669. The van der Waals surface area contributed by atoms with Crippen molar-refractivity contribution in [2.45, 2.75) is 25.0 Å². The molecule has 1 unspecified atom stereocenters. The number of rotatable bonds is 9. The Morgan fingerprint density at radius 1 is 0.826 bits per heavy atom. The maximum Gasteiger partial charge on any atom is 0.426 e. The summed E-state index contributed by atoms with van der Waals surface area (Å²) in [6.45, 7) is 0.381. The minimum Gasteiger partial charge on any atom is -0.489 e. The van der Waals surface area contributed by atoms with E-state index in [4.69, 9.17) is 9.47 Å². The number of carbonyl (C=O) groups is 4. The number of hydrazine groups is 1. The van der Waals surface area contributed by atoms with Crippen molar-refractivity contribution >= 4 is 34.8 Å². The van der Waals surface area contributed by atoms with E-state index in [0.717, 1.165) is 38.7 Å². The number of ether oxygens (including phenoxy) is 2. The lowest BCUT2D eigenvalue weighted by Gasteiger charge is -2.18. The summed E-state index contributed by atoms with van der Waals surface area (Å²) >= 11 is 0. The molecule has 0 radical (unpaired) electrons. The lowest BCUT2D eigenvalue weighted by molar-refractivity contribution is -0.151. The molecule has 0 spiro atoms. The van der Waals surface area contributed by atoms with Gasteiger partial charge in [0.2, 0.25) is 0 Å². The van der Waals surface area contributed by atoms with Crippen molar-refractivity contribution in [3.63, 3.8) is 0 Å². The van der Waals surface area contributed by atoms with Crippen LogP contribution in [-0.2, 0) is 32.1 Å². The van der Waals surface area contributed by atoms with Crippen molar-refractivity contribution in [3.05, 3.63) is 126 Å². The summed E-state index contributed by atoms with van der Waals surface area (Å²) in [5.41, 5.74) is 11.0. The monoisotopic (exact) mass is 618 g/mol. The van der Waals surface area contributed by atoms with Crippen molar-refractivity contribution in [1.82, 2.24) is 21.2 Å². The van der Waals surface area contributed by atoms with Crippen LogP contribution in [0.15, 0.2) is 103 Å². The average molecular weight is 619 g/mol. The molecule has 5 aromatic rings. The number of hydrogen-bond donors (Lipinski definition) is 5. The number of aliphatic carboxylic acids is 1. The highest BCUT2D eigenvalue weighted by molar-refractivity contribution is 6.32. The van der Waals surface area contributed by atoms with Gasteiger partial charge in [0, 0.05) is 29.4 Å². The second kappa shape index (κ2) is 13.3. The van der Waals surface area contributed by atoms with Crippen LogP contribution < -0.4 is 20.9 Å². The summed E-state index contributed by atoms with van der Waals surface area (Å²) < 4.78 is 11.4. The Morgan fingerprint density at radius 3 is 2.20 bits per heavy atom. The number of carboxylic acid groups (broad SMARTS) is 1. The molecule has 4 aromatic carbocycles. The molecule has 0 saturated carbocycles. The van der Waals surface area contributed by atoms with Crippen LogP contribution in [0.3, 0.4) is 0 Å². The zero-order chi connectivity index (χ0) is 32.0. The van der Waals surface area contributed by atoms with Crippen molar-refractivity contribution in [2.75, 3.05) is 6.61 Å². The Morgan fingerprint density at radius 2 is 1.50 bits per heavy atom. The number of H-pyrrole nitrogens is 1. The fourth-order valence-corrected chi connectivity index (χ4v) is 5.64. The van der Waals surface area contributed by atoms with Gasteiger partial charge >= 0.3 is 18.0 Å². The minimum atomic E-state index is -1.75. The third kappa shape index (κ3) is 6.53. The highest BCUT2D eigenvalue weighted by atomic mass is 16.6. The molecule has 1 aromatic heterocycles. The van der Waals surface area contributed by atoms with Crippen molar-refractivity contribution in [3.8, 4) is 16.9 Å². The highest BCUT2D eigenvalue weighted by Gasteiger charge is 2.30. The van der Waals surface area contributed by atoms with Crippen LogP contribution in [0.25, 0.3) is 22.0 Å². The molecule has 3 amide bonds. The molecule has 5 N–H and O–H groups in total. The number of fused-ring (bicyclic) bond motifs is 4. The van der Waals surface area contributed by atoms with Gasteiger partial charge in [0.05, 0.1) is 0 Å². The molecule has 1 aliphatic rings. The summed E-state index contributed by atoms with van der Waals surface area (Å²) in [5, 5.41) is 12.1. The SMILES string of the molecule is O=C(NNC(=O)C(Cc1c[nH]c2ccc(OCc3ccccc3)cc12)NC(=O)C(=O)O)OCC1c2ccccc2-c2ccccc21. The summed E-state index contributed by atoms with van der Waals surface area (Å²) in [5.74, 6) is -3.55. The molecule has 1 aliphatic carbocycles. The van der Waals surface area contributed by atoms with E-state index < -0.39 is 29.9 Å². The molecule has 0 aliphatic heterocycles. The van der Waals surface area contributed by atoms with Gasteiger partial charge in [-0.25, -0.2) is 15.0 Å². The van der Waals surface area contributed by atoms with Gasteiger partial charge in [-0.2, -0.15) is 0 Å². The fraction of sp³-hybridized carbons (Fsp3) is 0.143. The van der Waals surface area contributed by atoms with Crippen LogP contribution in [0, 0.1) is 0 Å². The lowest BCUT2D eigenvalue weighted by Crippen LogP contribution is -2.54. The van der Waals surface area contributed by atoms with Gasteiger partial charge in [0.1, 0.15) is 25.0 Å². The van der Waals surface area contributed by atoms with E-state index >= 15 is 0 Å². The summed E-state index contributed by atoms with van der Waals surface area (Å²) in [7, 11) is 0. The topological polar surface area (TPSA) is 159 Å². The van der Waals surface area contributed by atoms with Gasteiger partial charge in [0.25, 0.3) is 5.91 Å². The van der Waals surface area contributed by atoms with Crippen LogP contribution >= 0.6 is 0 Å². The second-order valence-electron chi connectivity index (χ2n) is 10.8. The third-order valence-corrected chi connectivity index (χ3v) is 7.86. The fourth-order valence-electron chi connectivity index (χ4n) is 5.64. The first kappa shape index (κ1) is 29.9. The molecular weight excluding hydrogens is 588 g/mol. The molecule has 232 valence electrons. The molecule has 0 saturated heterocycles. The Labute approximate surface area is 263 Å². The molecular formula is C35H30N4O7. The average Bonchev–Trinajstić information content (AvgIpc) is 3.63. The predicted molar refractivity (Wildman–Crippen MR) is 169 cm³/mol. The van der Waals surface area contributed by atoms with E-state index in [1.807, 2.05) is 84.9 Å². The molecule has 46 heavy (non-hydrogen) atoms. The number of carbonyl (C=O) groups excluding carboxylic acids is 3. The first-order valence-corrected chi connectivity index (χ1v) is 14.6. The van der Waals surface area contributed by atoms with E-state index in [1.165, 1.54) is 0 Å². The van der Waals surface area contributed by atoms with Crippen molar-refractivity contribution < 1.29 is 33.8 Å². The van der Waals surface area contributed by atoms with Gasteiger partial charge in [-0.1, -0.05) is 78.9 Å². The number of aromatic nitrogens is 1. The predicted octanol–water partition coefficient (Wildman–Crippen LogP) is 4.43. The molecule has 11 nitrogen and oxygen atoms in total. The van der Waals surface area contributed by atoms with Gasteiger partial charge < -0.3 is 24.9 Å². The highest BCUT2D eigenvalue weighted by Crippen LogP contribution is 2.44. The zero-order valence-electron chi connectivity index (χ0n) is 24.5. The van der Waals surface area contributed by atoms with E-state index in [0.29, 0.717) is 17.9 Å². The maximum absolute atomic E-state index is 13.2. The number of nitrogens with one attached hydrogen (secondary N) is 4. The first-order chi connectivity index (χ1) is 22.4. The summed E-state index contributed by atoms with van der Waals surface area (Å²) in [6, 6.07) is 29.5. The van der Waals surface area contributed by atoms with Crippen molar-refractivity contribution in [2.24, 2.45) is 0 Å². The number of aromatic amines is 1. The lowest BCUT2D eigenvalue weighted by atomic mass is 9.98. The smallest absolute Gasteiger partial charge is 0.426 e. The zero-order valence-corrected chi connectivity index (χ0v) is 24.5. The van der Waals surface area contributed by atoms with Gasteiger partial charge in [0.15, 0.2) is 0 Å². The molecule has 11 heteroatoms. The maximum atomic E-state index is 13.2. The van der Waals surface area contributed by atoms with Crippen LogP contribution in [0.1, 0.15) is 28.2 Å².